The van der Waals surface area contributed by atoms with Gasteiger partial charge in [-0.15, -0.1) is 0 Å². The summed E-state index contributed by atoms with van der Waals surface area (Å²) < 4.78 is 25.5. The Bertz CT molecular complexity index is 1400. The van der Waals surface area contributed by atoms with Crippen molar-refractivity contribution < 1.29 is 13.2 Å². The molecule has 0 bridgehead atoms. The predicted octanol–water partition coefficient (Wildman–Crippen LogP) is 4.51. The minimum Gasteiger partial charge on any atom is -0.325 e. The topological polar surface area (TPSA) is 89.0 Å². The van der Waals surface area contributed by atoms with Gasteiger partial charge in [0.2, 0.25) is 5.91 Å². The first-order valence-corrected chi connectivity index (χ1v) is 11.8. The molecule has 0 unspecified atom stereocenters. The summed E-state index contributed by atoms with van der Waals surface area (Å²) in [7, 11) is -3.83. The number of nitrogens with one attached hydrogen (secondary N) is 1. The highest BCUT2D eigenvalue weighted by molar-refractivity contribution is 7.93. The van der Waals surface area contributed by atoms with Gasteiger partial charge >= 0.3 is 0 Å². The molecule has 1 aliphatic carbocycles. The Morgan fingerprint density at radius 2 is 1.35 bits per heavy atom. The molecule has 1 heterocycles. The van der Waals surface area contributed by atoms with Crippen molar-refractivity contribution in [2.75, 3.05) is 5.32 Å². The van der Waals surface area contributed by atoms with Crippen LogP contribution in [0.15, 0.2) is 77.7 Å². The predicted molar refractivity (Wildman–Crippen MR) is 121 cm³/mol. The SMILES string of the molecule is O=C(Nc1ccc2nc3ccccc3nc2c1)C1(S(=O)(=O)c2ccccc2)CCCC1. The van der Waals surface area contributed by atoms with Crippen LogP contribution in [0.2, 0.25) is 0 Å². The standard InChI is InChI=1S/C24H21N3O3S/c28-23(24(14-6-7-15-24)31(29,30)18-8-2-1-3-9-18)25-17-12-13-21-22(16-17)27-20-11-5-4-10-19(20)26-21/h1-5,8-13,16H,6-7,14-15H2,(H,25,28). The maximum Gasteiger partial charge on any atom is 0.246 e. The summed E-state index contributed by atoms with van der Waals surface area (Å²) in [6.45, 7) is 0. The van der Waals surface area contributed by atoms with Gasteiger partial charge in [-0.05, 0) is 55.3 Å². The number of aromatic nitrogens is 2. The molecule has 6 nitrogen and oxygen atoms in total. The maximum absolute atomic E-state index is 13.5. The van der Waals surface area contributed by atoms with E-state index in [2.05, 4.69) is 15.3 Å². The fourth-order valence-corrected chi connectivity index (χ4v) is 6.42. The number of sulfone groups is 1. The number of hydrogen-bond acceptors (Lipinski definition) is 5. The third-order valence-corrected chi connectivity index (χ3v) is 8.50. The second-order valence-corrected chi connectivity index (χ2v) is 10.1. The van der Waals surface area contributed by atoms with Crippen LogP contribution in [-0.2, 0) is 14.6 Å². The molecule has 1 fully saturated rings. The molecule has 31 heavy (non-hydrogen) atoms. The lowest BCUT2D eigenvalue weighted by Crippen LogP contribution is -2.47. The molecule has 3 aromatic carbocycles. The number of hydrogen-bond donors (Lipinski definition) is 1. The summed E-state index contributed by atoms with van der Waals surface area (Å²) in [6, 6.07) is 21.1. The quantitative estimate of drug-likeness (QED) is 0.480. The van der Waals surface area contributed by atoms with Crippen molar-refractivity contribution in [3.8, 4) is 0 Å². The van der Waals surface area contributed by atoms with Crippen LogP contribution >= 0.6 is 0 Å². The molecule has 156 valence electrons. The number of carbonyl (C=O) groups excluding carboxylic acids is 1. The van der Waals surface area contributed by atoms with E-state index in [4.69, 9.17) is 0 Å². The van der Waals surface area contributed by atoms with Crippen molar-refractivity contribution in [1.29, 1.82) is 0 Å². The first kappa shape index (κ1) is 19.6. The van der Waals surface area contributed by atoms with E-state index in [1.54, 1.807) is 48.5 Å². The molecular formula is C24H21N3O3S. The van der Waals surface area contributed by atoms with Gasteiger partial charge in [0.05, 0.1) is 27.0 Å². The van der Waals surface area contributed by atoms with Crippen molar-refractivity contribution in [3.63, 3.8) is 0 Å². The number of carbonyl (C=O) groups is 1. The fourth-order valence-electron chi connectivity index (χ4n) is 4.33. The van der Waals surface area contributed by atoms with Crippen molar-refractivity contribution >= 4 is 43.5 Å². The smallest absolute Gasteiger partial charge is 0.246 e. The molecular weight excluding hydrogens is 410 g/mol. The number of benzene rings is 3. The van der Waals surface area contributed by atoms with Gasteiger partial charge in [0.1, 0.15) is 0 Å². The summed E-state index contributed by atoms with van der Waals surface area (Å²) in [5, 5.41) is 2.85. The molecule has 1 N–H and O–H groups in total. The monoisotopic (exact) mass is 431 g/mol. The second kappa shape index (κ2) is 7.42. The maximum atomic E-state index is 13.5. The highest BCUT2D eigenvalue weighted by atomic mass is 32.2. The summed E-state index contributed by atoms with van der Waals surface area (Å²) in [6.07, 6.45) is 2.03. The van der Waals surface area contributed by atoms with E-state index < -0.39 is 20.5 Å². The Hall–Kier alpha value is -3.32. The number of fused-ring (bicyclic) bond motifs is 2. The van der Waals surface area contributed by atoms with E-state index in [0.29, 0.717) is 42.4 Å². The van der Waals surface area contributed by atoms with Gasteiger partial charge < -0.3 is 5.32 Å². The molecule has 0 aliphatic heterocycles. The first-order chi connectivity index (χ1) is 15.0. The van der Waals surface area contributed by atoms with Crippen LogP contribution in [0.1, 0.15) is 25.7 Å². The van der Waals surface area contributed by atoms with Gasteiger partial charge in [-0.1, -0.05) is 43.2 Å². The third kappa shape index (κ3) is 3.25. The van der Waals surface area contributed by atoms with Crippen LogP contribution < -0.4 is 5.32 Å². The van der Waals surface area contributed by atoms with Gasteiger partial charge in [0.15, 0.2) is 14.6 Å². The number of para-hydroxylation sites is 2. The Balaban J connectivity index is 1.51. The average molecular weight is 432 g/mol. The lowest BCUT2D eigenvalue weighted by atomic mass is 10.1. The summed E-state index contributed by atoms with van der Waals surface area (Å²) >= 11 is 0. The number of nitrogens with zero attached hydrogens (tertiary/aromatic N) is 2. The Labute approximate surface area is 180 Å². The largest absolute Gasteiger partial charge is 0.325 e. The average Bonchev–Trinajstić information content (AvgIpc) is 3.30. The van der Waals surface area contributed by atoms with Gasteiger partial charge in [-0.3, -0.25) is 4.79 Å². The molecule has 1 aliphatic rings. The molecule has 0 radical (unpaired) electrons. The summed E-state index contributed by atoms with van der Waals surface area (Å²) in [4.78, 5) is 22.8. The van der Waals surface area contributed by atoms with E-state index in [1.165, 1.54) is 0 Å². The molecule has 1 saturated carbocycles. The first-order valence-electron chi connectivity index (χ1n) is 10.3. The van der Waals surface area contributed by atoms with Crippen molar-refractivity contribution in [3.05, 3.63) is 72.8 Å². The van der Waals surface area contributed by atoms with E-state index >= 15 is 0 Å². The van der Waals surface area contributed by atoms with E-state index in [1.807, 2.05) is 24.3 Å². The van der Waals surface area contributed by atoms with Crippen LogP contribution in [0.3, 0.4) is 0 Å². The zero-order valence-electron chi connectivity index (χ0n) is 16.8. The molecule has 0 spiro atoms. The van der Waals surface area contributed by atoms with Crippen molar-refractivity contribution in [2.45, 2.75) is 35.3 Å². The Morgan fingerprint density at radius 3 is 2.03 bits per heavy atom. The molecule has 5 rings (SSSR count). The van der Waals surface area contributed by atoms with Gasteiger partial charge in [0.25, 0.3) is 0 Å². The summed E-state index contributed by atoms with van der Waals surface area (Å²) in [5.41, 5.74) is 3.42. The zero-order valence-corrected chi connectivity index (χ0v) is 17.6. The summed E-state index contributed by atoms with van der Waals surface area (Å²) in [5.74, 6) is -0.484. The number of rotatable bonds is 4. The van der Waals surface area contributed by atoms with Crippen LogP contribution in [0.4, 0.5) is 5.69 Å². The molecule has 4 aromatic rings. The van der Waals surface area contributed by atoms with Gasteiger partial charge in [-0.25, -0.2) is 18.4 Å². The number of anilines is 1. The molecule has 1 amide bonds. The second-order valence-electron chi connectivity index (χ2n) is 7.89. The molecule has 1 aromatic heterocycles. The van der Waals surface area contributed by atoms with Crippen LogP contribution in [0.25, 0.3) is 22.1 Å². The van der Waals surface area contributed by atoms with Crippen molar-refractivity contribution in [1.82, 2.24) is 9.97 Å². The molecule has 0 atom stereocenters. The lowest BCUT2D eigenvalue weighted by Gasteiger charge is -2.27. The van der Waals surface area contributed by atoms with Crippen molar-refractivity contribution in [2.24, 2.45) is 0 Å². The van der Waals surface area contributed by atoms with Crippen LogP contribution in [0, 0.1) is 0 Å². The number of amides is 1. The highest BCUT2D eigenvalue weighted by Crippen LogP contribution is 2.41. The Kier molecular flexibility index (Phi) is 4.70. The molecule has 7 heteroatoms. The highest BCUT2D eigenvalue weighted by Gasteiger charge is 2.52. The van der Waals surface area contributed by atoms with Gasteiger partial charge in [0, 0.05) is 5.69 Å². The molecule has 0 saturated heterocycles. The lowest BCUT2D eigenvalue weighted by molar-refractivity contribution is -0.118. The minimum absolute atomic E-state index is 0.183. The minimum atomic E-state index is -3.83. The van der Waals surface area contributed by atoms with Crippen LogP contribution in [0.5, 0.6) is 0 Å². The van der Waals surface area contributed by atoms with E-state index in [0.717, 1.165) is 11.0 Å². The van der Waals surface area contributed by atoms with E-state index in [9.17, 15) is 13.2 Å². The fraction of sp³-hybridized carbons (Fsp3) is 0.208. The normalized spacial score (nSPS) is 15.9. The zero-order chi connectivity index (χ0) is 21.5. The Morgan fingerprint density at radius 1 is 0.774 bits per heavy atom. The van der Waals surface area contributed by atoms with E-state index in [-0.39, 0.29) is 4.90 Å². The van der Waals surface area contributed by atoms with Gasteiger partial charge in [-0.2, -0.15) is 0 Å². The third-order valence-electron chi connectivity index (χ3n) is 5.99. The van der Waals surface area contributed by atoms with Crippen LogP contribution in [-0.4, -0.2) is 29.0 Å².